The van der Waals surface area contributed by atoms with Crippen molar-refractivity contribution in [2.45, 2.75) is 84.0 Å². The smallest absolute Gasteiger partial charge is 0.159 e. The lowest BCUT2D eigenvalue weighted by Crippen LogP contribution is -2.15. The lowest BCUT2D eigenvalue weighted by molar-refractivity contribution is 0.248. The summed E-state index contributed by atoms with van der Waals surface area (Å²) in [4.78, 5) is 9.08. The van der Waals surface area contributed by atoms with E-state index in [1.807, 2.05) is 36.7 Å². The van der Waals surface area contributed by atoms with Gasteiger partial charge < -0.3 is 0 Å². The molecule has 3 rings (SSSR count). The van der Waals surface area contributed by atoms with Gasteiger partial charge in [-0.3, -0.25) is 0 Å². The fraction of sp³-hybridized carbons (Fsp3) is 0.577. The first-order chi connectivity index (χ1) is 14.3. The van der Waals surface area contributed by atoms with Gasteiger partial charge in [-0.05, 0) is 54.5 Å². The second kappa shape index (κ2) is 11.7. The third-order valence-corrected chi connectivity index (χ3v) is 6.50. The minimum absolute atomic E-state index is 0.664. The summed E-state index contributed by atoms with van der Waals surface area (Å²) in [5, 5.41) is 8.90. The van der Waals surface area contributed by atoms with E-state index in [4.69, 9.17) is 5.26 Å². The average molecular weight is 390 g/mol. The van der Waals surface area contributed by atoms with Crippen molar-refractivity contribution in [1.82, 2.24) is 9.97 Å². The molecule has 154 valence electrons. The number of aromatic nitrogens is 2. The Hall–Kier alpha value is -2.21. The average Bonchev–Trinajstić information content (AvgIpc) is 2.79. The molecular formula is C26H35N3. The van der Waals surface area contributed by atoms with Crippen LogP contribution in [0.2, 0.25) is 0 Å². The molecule has 0 aliphatic heterocycles. The number of nitrogens with zero attached hydrogens (tertiary/aromatic N) is 3. The summed E-state index contributed by atoms with van der Waals surface area (Å²) in [5.74, 6) is 2.60. The number of aryl methyl sites for hydroxylation is 1. The molecule has 1 aliphatic rings. The van der Waals surface area contributed by atoms with Crippen molar-refractivity contribution in [2.75, 3.05) is 0 Å². The van der Waals surface area contributed by atoms with Crippen LogP contribution in [-0.2, 0) is 6.42 Å². The molecule has 0 radical (unpaired) electrons. The second-order valence-electron chi connectivity index (χ2n) is 8.73. The van der Waals surface area contributed by atoms with Gasteiger partial charge in [0.1, 0.15) is 0 Å². The van der Waals surface area contributed by atoms with Crippen molar-refractivity contribution in [2.24, 2.45) is 11.8 Å². The molecule has 1 fully saturated rings. The van der Waals surface area contributed by atoms with Crippen molar-refractivity contribution >= 4 is 0 Å². The molecule has 0 saturated heterocycles. The molecule has 1 aliphatic carbocycles. The second-order valence-corrected chi connectivity index (χ2v) is 8.73. The molecule has 0 N–H and O–H groups in total. The van der Waals surface area contributed by atoms with Crippen LogP contribution in [0.5, 0.6) is 0 Å². The summed E-state index contributed by atoms with van der Waals surface area (Å²) in [7, 11) is 0. The van der Waals surface area contributed by atoms with Crippen LogP contribution in [0.4, 0.5) is 0 Å². The fourth-order valence-electron chi connectivity index (χ4n) is 4.54. The standard InChI is InChI=1S/C26H35N3/c1-2-3-4-5-6-7-21-8-10-22(11-9-21)12-13-24-19-28-26(29-20-24)25-16-14-23(18-27)15-17-25/h14-17,19-22H,2-13H2,1H3/t21-,22-. The van der Waals surface area contributed by atoms with Gasteiger partial charge in [0.25, 0.3) is 0 Å². The molecule has 1 aromatic carbocycles. The van der Waals surface area contributed by atoms with Crippen molar-refractivity contribution in [3.05, 3.63) is 47.8 Å². The monoisotopic (exact) mass is 389 g/mol. The van der Waals surface area contributed by atoms with Gasteiger partial charge in [-0.15, -0.1) is 0 Å². The highest BCUT2D eigenvalue weighted by atomic mass is 14.9. The van der Waals surface area contributed by atoms with E-state index in [9.17, 15) is 0 Å². The van der Waals surface area contributed by atoms with Crippen LogP contribution >= 0.6 is 0 Å². The largest absolute Gasteiger partial charge is 0.236 e. The minimum atomic E-state index is 0.664. The number of hydrogen-bond acceptors (Lipinski definition) is 3. The van der Waals surface area contributed by atoms with E-state index < -0.39 is 0 Å². The quantitative estimate of drug-likeness (QED) is 0.407. The van der Waals surface area contributed by atoms with Gasteiger partial charge in [-0.25, -0.2) is 9.97 Å². The zero-order valence-corrected chi connectivity index (χ0v) is 17.9. The summed E-state index contributed by atoms with van der Waals surface area (Å²) in [6, 6.07) is 9.59. The zero-order valence-electron chi connectivity index (χ0n) is 17.9. The first-order valence-electron chi connectivity index (χ1n) is 11.6. The van der Waals surface area contributed by atoms with Gasteiger partial charge in [0.2, 0.25) is 0 Å². The molecule has 0 spiro atoms. The first-order valence-corrected chi connectivity index (χ1v) is 11.6. The molecule has 1 aromatic heterocycles. The minimum Gasteiger partial charge on any atom is -0.236 e. The van der Waals surface area contributed by atoms with E-state index in [-0.39, 0.29) is 0 Å². The van der Waals surface area contributed by atoms with E-state index in [1.165, 1.54) is 76.2 Å². The van der Waals surface area contributed by atoms with E-state index in [2.05, 4.69) is 23.0 Å². The molecule has 29 heavy (non-hydrogen) atoms. The summed E-state index contributed by atoms with van der Waals surface area (Å²) >= 11 is 0. The van der Waals surface area contributed by atoms with Crippen molar-refractivity contribution in [1.29, 1.82) is 5.26 Å². The molecule has 1 saturated carbocycles. The summed E-state index contributed by atoms with van der Waals surface area (Å²) in [6.45, 7) is 2.29. The maximum absolute atomic E-state index is 8.90. The van der Waals surface area contributed by atoms with Gasteiger partial charge in [-0.2, -0.15) is 5.26 Å². The topological polar surface area (TPSA) is 49.6 Å². The van der Waals surface area contributed by atoms with Crippen LogP contribution in [0.3, 0.4) is 0 Å². The Bertz CT molecular complexity index is 750. The highest BCUT2D eigenvalue weighted by molar-refractivity contribution is 5.56. The van der Waals surface area contributed by atoms with Crippen LogP contribution in [0.1, 0.15) is 88.7 Å². The predicted molar refractivity (Wildman–Crippen MR) is 119 cm³/mol. The van der Waals surface area contributed by atoms with Gasteiger partial charge in [0.15, 0.2) is 5.82 Å². The molecule has 0 atom stereocenters. The van der Waals surface area contributed by atoms with Crippen LogP contribution in [-0.4, -0.2) is 9.97 Å². The number of rotatable bonds is 10. The number of unbranched alkanes of at least 4 members (excludes halogenated alkanes) is 4. The Kier molecular flexibility index (Phi) is 8.68. The molecule has 0 unspecified atom stereocenters. The van der Waals surface area contributed by atoms with Gasteiger partial charge in [-0.1, -0.05) is 71.1 Å². The molecule has 0 amide bonds. The SMILES string of the molecule is CCCCCCC[C@H]1CC[C@H](CCc2cnc(-c3ccc(C#N)cc3)nc2)CC1. The number of nitriles is 1. The zero-order chi connectivity index (χ0) is 20.3. The highest BCUT2D eigenvalue weighted by Gasteiger charge is 2.20. The maximum atomic E-state index is 8.90. The van der Waals surface area contributed by atoms with Crippen LogP contribution in [0, 0.1) is 23.2 Å². The van der Waals surface area contributed by atoms with Crippen LogP contribution in [0.25, 0.3) is 11.4 Å². The summed E-state index contributed by atoms with van der Waals surface area (Å²) < 4.78 is 0. The summed E-state index contributed by atoms with van der Waals surface area (Å²) in [6.07, 6.45) is 20.5. The normalized spacial score (nSPS) is 19.0. The molecule has 3 heteroatoms. The van der Waals surface area contributed by atoms with Gasteiger partial charge >= 0.3 is 0 Å². The third kappa shape index (κ3) is 6.96. The molecular weight excluding hydrogens is 354 g/mol. The Labute approximate surface area is 176 Å². The number of benzene rings is 1. The number of hydrogen-bond donors (Lipinski definition) is 0. The fourth-order valence-corrected chi connectivity index (χ4v) is 4.54. The van der Waals surface area contributed by atoms with Crippen LogP contribution in [0.15, 0.2) is 36.7 Å². The van der Waals surface area contributed by atoms with E-state index >= 15 is 0 Å². The summed E-state index contributed by atoms with van der Waals surface area (Å²) in [5.41, 5.74) is 2.86. The maximum Gasteiger partial charge on any atom is 0.159 e. The van der Waals surface area contributed by atoms with Gasteiger partial charge in [0, 0.05) is 18.0 Å². The highest BCUT2D eigenvalue weighted by Crippen LogP contribution is 2.34. The van der Waals surface area contributed by atoms with Crippen molar-refractivity contribution < 1.29 is 0 Å². The third-order valence-electron chi connectivity index (χ3n) is 6.50. The van der Waals surface area contributed by atoms with Crippen LogP contribution < -0.4 is 0 Å². The Balaban J connectivity index is 1.37. The molecule has 2 aromatic rings. The van der Waals surface area contributed by atoms with E-state index in [1.54, 1.807) is 0 Å². The molecule has 1 heterocycles. The molecule has 0 bridgehead atoms. The Morgan fingerprint density at radius 3 is 2.10 bits per heavy atom. The first kappa shape index (κ1) is 21.5. The van der Waals surface area contributed by atoms with E-state index in [0.717, 1.165) is 29.6 Å². The van der Waals surface area contributed by atoms with Crippen molar-refractivity contribution in [3.63, 3.8) is 0 Å². The lowest BCUT2D eigenvalue weighted by atomic mass is 9.78. The van der Waals surface area contributed by atoms with Crippen molar-refractivity contribution in [3.8, 4) is 17.5 Å². The van der Waals surface area contributed by atoms with Gasteiger partial charge in [0.05, 0.1) is 11.6 Å². The van der Waals surface area contributed by atoms with E-state index in [0.29, 0.717) is 5.56 Å². The predicted octanol–water partition coefficient (Wildman–Crippen LogP) is 7.11. The Morgan fingerprint density at radius 1 is 0.862 bits per heavy atom. The molecule has 3 nitrogen and oxygen atoms in total. The lowest BCUT2D eigenvalue weighted by Gasteiger charge is -2.28. The Morgan fingerprint density at radius 2 is 1.48 bits per heavy atom.